The lowest BCUT2D eigenvalue weighted by atomic mass is 9.94. The second kappa shape index (κ2) is 12.0. The van der Waals surface area contributed by atoms with Crippen LogP contribution in [0.5, 0.6) is 23.0 Å². The molecule has 0 aromatic heterocycles. The van der Waals surface area contributed by atoms with E-state index in [4.69, 9.17) is 18.9 Å². The average Bonchev–Trinajstić information content (AvgIpc) is 3.24. The van der Waals surface area contributed by atoms with E-state index in [1.54, 1.807) is 42.5 Å². The van der Waals surface area contributed by atoms with E-state index in [-0.39, 0.29) is 17.9 Å². The van der Waals surface area contributed by atoms with Crippen LogP contribution in [-0.2, 0) is 16.0 Å². The van der Waals surface area contributed by atoms with E-state index in [0.29, 0.717) is 67.0 Å². The molecule has 2 aliphatic rings. The molecule has 0 bridgehead atoms. The largest absolute Gasteiger partial charge is 0.507 e. The van der Waals surface area contributed by atoms with Crippen LogP contribution in [-0.4, -0.2) is 54.7 Å². The van der Waals surface area contributed by atoms with E-state index in [2.05, 4.69) is 6.58 Å². The maximum absolute atomic E-state index is 13.5. The van der Waals surface area contributed by atoms with Gasteiger partial charge in [0, 0.05) is 12.1 Å². The van der Waals surface area contributed by atoms with Crippen LogP contribution in [0.3, 0.4) is 0 Å². The molecule has 0 radical (unpaired) electrons. The van der Waals surface area contributed by atoms with Gasteiger partial charge in [0.25, 0.3) is 11.7 Å². The van der Waals surface area contributed by atoms with Crippen molar-refractivity contribution < 1.29 is 33.6 Å². The van der Waals surface area contributed by atoms with E-state index < -0.39 is 17.7 Å². The fraction of sp³-hybridized carbons (Fsp3) is 0.250. The number of aliphatic hydroxyl groups excluding tert-OH is 1. The SMILES string of the molecule is C=CCOc1ccc(C2C(=C(O)c3ccc4c(c3)OCCO4)C(=O)C(=O)N2CCc2ccccc2)cc1OCC. The zero-order valence-corrected chi connectivity index (χ0v) is 22.3. The fourth-order valence-corrected chi connectivity index (χ4v) is 4.93. The summed E-state index contributed by atoms with van der Waals surface area (Å²) in [6.07, 6.45) is 2.17. The molecule has 1 amide bonds. The van der Waals surface area contributed by atoms with Gasteiger partial charge in [-0.1, -0.05) is 49.1 Å². The predicted octanol–water partition coefficient (Wildman–Crippen LogP) is 5.09. The minimum absolute atomic E-state index is 0.00283. The van der Waals surface area contributed by atoms with Crippen LogP contribution >= 0.6 is 0 Å². The highest BCUT2D eigenvalue weighted by molar-refractivity contribution is 6.46. The molecule has 3 aromatic carbocycles. The van der Waals surface area contributed by atoms with Gasteiger partial charge in [0.1, 0.15) is 25.6 Å². The normalized spacial score (nSPS) is 17.5. The number of amides is 1. The molecule has 0 spiro atoms. The number of ether oxygens (including phenoxy) is 4. The number of aliphatic hydroxyl groups is 1. The third-order valence-corrected chi connectivity index (χ3v) is 6.78. The summed E-state index contributed by atoms with van der Waals surface area (Å²) < 4.78 is 22.9. The van der Waals surface area contributed by atoms with Crippen molar-refractivity contribution in [3.8, 4) is 23.0 Å². The Hall–Kier alpha value is -4.72. The number of hydrogen-bond donors (Lipinski definition) is 1. The maximum atomic E-state index is 13.5. The predicted molar refractivity (Wildman–Crippen MR) is 150 cm³/mol. The lowest BCUT2D eigenvalue weighted by Crippen LogP contribution is -2.31. The van der Waals surface area contributed by atoms with Gasteiger partial charge in [-0.3, -0.25) is 9.59 Å². The number of rotatable bonds is 10. The molecule has 8 heteroatoms. The number of carbonyl (C=O) groups is 2. The number of hydrogen-bond acceptors (Lipinski definition) is 7. The molecule has 3 aromatic rings. The Morgan fingerprint density at radius 1 is 1.00 bits per heavy atom. The van der Waals surface area contributed by atoms with Crippen molar-refractivity contribution in [3.05, 3.63) is 102 Å². The molecular formula is C32H31NO7. The second-order valence-corrected chi connectivity index (χ2v) is 9.33. The van der Waals surface area contributed by atoms with Gasteiger partial charge in [-0.25, -0.2) is 0 Å². The van der Waals surface area contributed by atoms with Crippen LogP contribution in [0.25, 0.3) is 5.76 Å². The number of ketones is 1. The quantitative estimate of drug-likeness (QED) is 0.165. The van der Waals surface area contributed by atoms with Gasteiger partial charge in [-0.2, -0.15) is 0 Å². The Morgan fingerprint density at radius 2 is 1.77 bits per heavy atom. The summed E-state index contributed by atoms with van der Waals surface area (Å²) in [5, 5.41) is 11.5. The van der Waals surface area contributed by atoms with E-state index in [9.17, 15) is 14.7 Å². The third-order valence-electron chi connectivity index (χ3n) is 6.78. The van der Waals surface area contributed by atoms with Crippen molar-refractivity contribution >= 4 is 17.4 Å². The standard InChI is InChI=1S/C32H31NO7/c1-3-16-38-24-12-10-22(19-26(24)37-4-2)29-28(30(34)23-11-13-25-27(20-23)40-18-17-39-25)31(35)32(36)33(29)15-14-21-8-6-5-7-9-21/h3,5-13,19-20,29,34H,1,4,14-18H2,2H3. The number of benzene rings is 3. The van der Waals surface area contributed by atoms with E-state index >= 15 is 0 Å². The average molecular weight is 542 g/mol. The second-order valence-electron chi connectivity index (χ2n) is 9.33. The van der Waals surface area contributed by atoms with Crippen molar-refractivity contribution in [1.82, 2.24) is 4.90 Å². The minimum Gasteiger partial charge on any atom is -0.507 e. The molecule has 0 aliphatic carbocycles. The third kappa shape index (κ3) is 5.38. The monoisotopic (exact) mass is 541 g/mol. The van der Waals surface area contributed by atoms with Gasteiger partial charge < -0.3 is 29.0 Å². The fourth-order valence-electron chi connectivity index (χ4n) is 4.93. The Morgan fingerprint density at radius 3 is 2.52 bits per heavy atom. The number of carbonyl (C=O) groups excluding carboxylic acids is 2. The first-order chi connectivity index (χ1) is 19.5. The van der Waals surface area contributed by atoms with Crippen molar-refractivity contribution in [2.24, 2.45) is 0 Å². The lowest BCUT2D eigenvalue weighted by Gasteiger charge is -2.26. The van der Waals surface area contributed by atoms with Crippen molar-refractivity contribution in [3.63, 3.8) is 0 Å². The summed E-state index contributed by atoms with van der Waals surface area (Å²) in [4.78, 5) is 28.4. The molecule has 40 heavy (non-hydrogen) atoms. The van der Waals surface area contributed by atoms with Crippen LogP contribution in [0.4, 0.5) is 0 Å². The summed E-state index contributed by atoms with van der Waals surface area (Å²) >= 11 is 0. The highest BCUT2D eigenvalue weighted by Crippen LogP contribution is 2.43. The number of fused-ring (bicyclic) bond motifs is 1. The topological polar surface area (TPSA) is 94.5 Å². The highest BCUT2D eigenvalue weighted by Gasteiger charge is 2.46. The molecular weight excluding hydrogens is 510 g/mol. The van der Waals surface area contributed by atoms with Crippen LogP contribution in [0.15, 0.2) is 85.0 Å². The summed E-state index contributed by atoms with van der Waals surface area (Å²) in [6.45, 7) is 7.31. The molecule has 2 heterocycles. The highest BCUT2D eigenvalue weighted by atomic mass is 16.6. The summed E-state index contributed by atoms with van der Waals surface area (Å²) in [7, 11) is 0. The molecule has 1 saturated heterocycles. The van der Waals surface area contributed by atoms with Crippen LogP contribution < -0.4 is 18.9 Å². The van der Waals surface area contributed by atoms with Crippen LogP contribution in [0.2, 0.25) is 0 Å². The molecule has 8 nitrogen and oxygen atoms in total. The van der Waals surface area contributed by atoms with E-state index in [1.165, 1.54) is 4.90 Å². The Kier molecular flexibility index (Phi) is 8.05. The van der Waals surface area contributed by atoms with Crippen molar-refractivity contribution in [1.29, 1.82) is 0 Å². The first-order valence-corrected chi connectivity index (χ1v) is 13.2. The zero-order valence-electron chi connectivity index (χ0n) is 22.3. The Bertz CT molecular complexity index is 1450. The maximum Gasteiger partial charge on any atom is 0.295 e. The molecule has 1 atom stereocenters. The summed E-state index contributed by atoms with van der Waals surface area (Å²) in [5.41, 5.74) is 1.99. The van der Waals surface area contributed by atoms with Gasteiger partial charge in [-0.05, 0) is 54.8 Å². The Labute approximate surface area is 233 Å². The number of nitrogens with zero attached hydrogens (tertiary/aromatic N) is 1. The van der Waals surface area contributed by atoms with Gasteiger partial charge in [0.2, 0.25) is 0 Å². The van der Waals surface area contributed by atoms with Crippen molar-refractivity contribution in [2.45, 2.75) is 19.4 Å². The first-order valence-electron chi connectivity index (χ1n) is 13.2. The molecule has 1 N–H and O–H groups in total. The van der Waals surface area contributed by atoms with E-state index in [0.717, 1.165) is 5.56 Å². The lowest BCUT2D eigenvalue weighted by molar-refractivity contribution is -0.139. The number of Topliss-reactive ketones (excluding diaryl/α,β-unsaturated/α-hetero) is 1. The molecule has 5 rings (SSSR count). The zero-order chi connectivity index (χ0) is 28.1. The first kappa shape index (κ1) is 26.9. The van der Waals surface area contributed by atoms with Gasteiger partial charge in [-0.15, -0.1) is 0 Å². The van der Waals surface area contributed by atoms with Gasteiger partial charge >= 0.3 is 0 Å². The van der Waals surface area contributed by atoms with Crippen molar-refractivity contribution in [2.75, 3.05) is 33.0 Å². The Balaban J connectivity index is 1.60. The van der Waals surface area contributed by atoms with Crippen LogP contribution in [0, 0.1) is 0 Å². The summed E-state index contributed by atoms with van der Waals surface area (Å²) in [6, 6.07) is 19.1. The molecule has 1 fully saturated rings. The summed E-state index contributed by atoms with van der Waals surface area (Å²) in [5.74, 6) is 0.285. The van der Waals surface area contributed by atoms with Gasteiger partial charge in [0.05, 0.1) is 18.2 Å². The van der Waals surface area contributed by atoms with Gasteiger partial charge in [0.15, 0.2) is 23.0 Å². The molecule has 0 saturated carbocycles. The molecule has 1 unspecified atom stereocenters. The molecule has 2 aliphatic heterocycles. The smallest absolute Gasteiger partial charge is 0.295 e. The van der Waals surface area contributed by atoms with E-state index in [1.807, 2.05) is 37.3 Å². The minimum atomic E-state index is -0.843. The van der Waals surface area contributed by atoms with Crippen LogP contribution in [0.1, 0.15) is 29.7 Å². The molecule has 206 valence electrons. The number of likely N-dealkylation sites (tertiary alicyclic amines) is 1.